The Morgan fingerprint density at radius 3 is 2.22 bits per heavy atom. The molecular formula is C18H13F3N4O2. The second-order valence-electron chi connectivity index (χ2n) is 6.70. The molecule has 2 fully saturated rings. The van der Waals surface area contributed by atoms with E-state index in [9.17, 15) is 29.0 Å². The molecule has 2 saturated heterocycles. The largest absolute Gasteiger partial charge is 0.448 e. The normalized spacial score (nSPS) is 34.1. The van der Waals surface area contributed by atoms with Crippen LogP contribution >= 0.6 is 0 Å². The van der Waals surface area contributed by atoms with Gasteiger partial charge in [0.05, 0.1) is 29.7 Å². The van der Waals surface area contributed by atoms with Crippen LogP contribution < -0.4 is 0 Å². The van der Waals surface area contributed by atoms with Crippen molar-refractivity contribution in [1.82, 2.24) is 0 Å². The molecule has 1 aromatic carbocycles. The van der Waals surface area contributed by atoms with Gasteiger partial charge in [-0.3, -0.25) is 5.41 Å². The Kier molecular flexibility index (Phi) is 3.78. The highest BCUT2D eigenvalue weighted by Crippen LogP contribution is 2.66. The van der Waals surface area contributed by atoms with Crippen LogP contribution in [-0.2, 0) is 15.7 Å². The van der Waals surface area contributed by atoms with Gasteiger partial charge in [0.25, 0.3) is 0 Å². The molecule has 0 amide bonds. The van der Waals surface area contributed by atoms with Crippen LogP contribution in [0.15, 0.2) is 24.3 Å². The number of hydrogen-bond acceptors (Lipinski definition) is 6. The summed E-state index contributed by atoms with van der Waals surface area (Å²) in [6.07, 6.45) is -6.51. The SMILES string of the molecule is CC1C2(C)OC(=N)C1(C#N)C(C#N)(C#N)C(c1ccccc1C(F)(F)F)O2. The molecule has 9 heteroatoms. The van der Waals surface area contributed by atoms with Crippen LogP contribution in [0.5, 0.6) is 0 Å². The van der Waals surface area contributed by atoms with E-state index >= 15 is 0 Å². The summed E-state index contributed by atoms with van der Waals surface area (Å²) in [5.74, 6) is -3.22. The number of nitrogens with zero attached hydrogens (tertiary/aromatic N) is 3. The van der Waals surface area contributed by atoms with E-state index in [-0.39, 0.29) is 0 Å². The average Bonchev–Trinajstić information content (AvgIpc) is 2.76. The number of alkyl halides is 3. The lowest BCUT2D eigenvalue weighted by Gasteiger charge is -2.47. The van der Waals surface area contributed by atoms with Crippen molar-refractivity contribution in [1.29, 1.82) is 21.2 Å². The van der Waals surface area contributed by atoms with Gasteiger partial charge in [0.15, 0.2) is 5.41 Å². The van der Waals surface area contributed by atoms with Crippen molar-refractivity contribution in [3.05, 3.63) is 35.4 Å². The fraction of sp³-hybridized carbons (Fsp3) is 0.444. The molecule has 0 aromatic heterocycles. The van der Waals surface area contributed by atoms with Crippen LogP contribution in [0.25, 0.3) is 0 Å². The van der Waals surface area contributed by atoms with Crippen molar-refractivity contribution in [2.75, 3.05) is 0 Å². The number of nitriles is 3. The van der Waals surface area contributed by atoms with Crippen LogP contribution in [0.4, 0.5) is 13.2 Å². The van der Waals surface area contributed by atoms with Gasteiger partial charge in [-0.05, 0) is 11.6 Å². The van der Waals surface area contributed by atoms with Crippen LogP contribution in [0, 0.1) is 56.2 Å². The van der Waals surface area contributed by atoms with Crippen molar-refractivity contribution in [3.8, 4) is 18.2 Å². The summed E-state index contributed by atoms with van der Waals surface area (Å²) in [4.78, 5) is 0. The zero-order chi connectivity index (χ0) is 20.3. The lowest BCUT2D eigenvalue weighted by Crippen LogP contribution is -2.57. The fourth-order valence-corrected chi connectivity index (χ4v) is 3.97. The Balaban J connectivity index is 2.38. The van der Waals surface area contributed by atoms with Crippen LogP contribution in [0.3, 0.4) is 0 Å². The maximum absolute atomic E-state index is 13.5. The first-order valence-electron chi connectivity index (χ1n) is 7.90. The highest BCUT2D eigenvalue weighted by atomic mass is 19.4. The molecule has 2 aliphatic heterocycles. The topological polar surface area (TPSA) is 114 Å². The van der Waals surface area contributed by atoms with Crippen LogP contribution in [0.2, 0.25) is 0 Å². The Morgan fingerprint density at radius 1 is 1.11 bits per heavy atom. The molecule has 0 radical (unpaired) electrons. The molecule has 4 unspecified atom stereocenters. The Morgan fingerprint density at radius 2 is 1.70 bits per heavy atom. The number of nitrogens with one attached hydrogen (secondary N) is 1. The summed E-state index contributed by atoms with van der Waals surface area (Å²) >= 11 is 0. The average molecular weight is 374 g/mol. The van der Waals surface area contributed by atoms with E-state index < -0.39 is 51.8 Å². The quantitative estimate of drug-likeness (QED) is 0.805. The zero-order valence-electron chi connectivity index (χ0n) is 14.3. The summed E-state index contributed by atoms with van der Waals surface area (Å²) in [5.41, 5.74) is -6.02. The van der Waals surface area contributed by atoms with E-state index in [1.165, 1.54) is 26.0 Å². The lowest BCUT2D eigenvalue weighted by molar-refractivity contribution is -0.270. The van der Waals surface area contributed by atoms with Gasteiger partial charge in [0, 0.05) is 6.92 Å². The predicted molar refractivity (Wildman–Crippen MR) is 83.4 cm³/mol. The van der Waals surface area contributed by atoms with Gasteiger partial charge in [0.1, 0.15) is 6.10 Å². The Hall–Kier alpha value is -3.09. The van der Waals surface area contributed by atoms with Crippen molar-refractivity contribution in [3.63, 3.8) is 0 Å². The molecule has 27 heavy (non-hydrogen) atoms. The summed E-state index contributed by atoms with van der Waals surface area (Å²) in [6.45, 7) is 2.85. The van der Waals surface area contributed by atoms with E-state index in [0.717, 1.165) is 12.1 Å². The van der Waals surface area contributed by atoms with Crippen molar-refractivity contribution in [2.24, 2.45) is 16.7 Å². The van der Waals surface area contributed by atoms with Gasteiger partial charge in [-0.25, -0.2) is 0 Å². The number of rotatable bonds is 1. The Bertz CT molecular complexity index is 941. The summed E-state index contributed by atoms with van der Waals surface area (Å²) in [6, 6.07) is 9.63. The number of ether oxygens (including phenoxy) is 2. The molecule has 4 atom stereocenters. The molecule has 1 N–H and O–H groups in total. The summed E-state index contributed by atoms with van der Waals surface area (Å²) in [7, 11) is 0. The molecule has 1 aromatic rings. The molecule has 138 valence electrons. The van der Waals surface area contributed by atoms with Crippen molar-refractivity contribution >= 4 is 5.90 Å². The molecule has 0 aliphatic carbocycles. The van der Waals surface area contributed by atoms with Crippen LogP contribution in [0.1, 0.15) is 31.1 Å². The lowest BCUT2D eigenvalue weighted by atomic mass is 9.54. The molecule has 0 saturated carbocycles. The van der Waals surface area contributed by atoms with Gasteiger partial charge in [-0.2, -0.15) is 29.0 Å². The third kappa shape index (κ3) is 2.05. The van der Waals surface area contributed by atoms with Crippen molar-refractivity contribution in [2.45, 2.75) is 31.9 Å². The summed E-state index contributed by atoms with van der Waals surface area (Å²) in [5, 5.41) is 37.7. The molecule has 2 aliphatic rings. The maximum Gasteiger partial charge on any atom is 0.416 e. The van der Waals surface area contributed by atoms with E-state index in [4.69, 9.17) is 14.9 Å². The Labute approximate surface area is 152 Å². The monoisotopic (exact) mass is 374 g/mol. The number of hydrogen-bond donors (Lipinski definition) is 1. The molecule has 2 heterocycles. The molecule has 0 spiro atoms. The zero-order valence-corrected chi connectivity index (χ0v) is 14.3. The minimum atomic E-state index is -4.77. The summed E-state index contributed by atoms with van der Waals surface area (Å²) < 4.78 is 51.7. The van der Waals surface area contributed by atoms with Gasteiger partial charge in [-0.15, -0.1) is 0 Å². The molecule has 2 bridgehead atoms. The minimum Gasteiger partial charge on any atom is -0.448 e. The number of benzene rings is 1. The van der Waals surface area contributed by atoms with Gasteiger partial charge >= 0.3 is 6.18 Å². The standard InChI is InChI=1S/C18H13F3N4O2/c1-10-15(2)26-13(11-5-3-4-6-12(11)18(19,20)21)16(7-22,8-23)17(10,9-24)14(25)27-15/h3-6,10,13,25H,1-2H3. The molecule has 6 nitrogen and oxygen atoms in total. The van der Waals surface area contributed by atoms with E-state index in [2.05, 4.69) is 0 Å². The van der Waals surface area contributed by atoms with E-state index in [0.29, 0.717) is 0 Å². The first-order valence-corrected chi connectivity index (χ1v) is 7.90. The van der Waals surface area contributed by atoms with Crippen LogP contribution in [-0.4, -0.2) is 11.7 Å². The number of halogens is 3. The number of fused-ring (bicyclic) bond motifs is 2. The minimum absolute atomic E-state index is 0.454. The first kappa shape index (κ1) is 18.7. The third-order valence-corrected chi connectivity index (χ3v) is 5.54. The fourth-order valence-electron chi connectivity index (χ4n) is 3.97. The maximum atomic E-state index is 13.5. The van der Waals surface area contributed by atoms with Gasteiger partial charge in [-0.1, -0.05) is 25.1 Å². The van der Waals surface area contributed by atoms with Gasteiger partial charge < -0.3 is 9.47 Å². The van der Waals surface area contributed by atoms with Crippen molar-refractivity contribution < 1.29 is 22.6 Å². The smallest absolute Gasteiger partial charge is 0.416 e. The second-order valence-corrected chi connectivity index (χ2v) is 6.70. The van der Waals surface area contributed by atoms with E-state index in [1.54, 1.807) is 12.1 Å². The third-order valence-electron chi connectivity index (χ3n) is 5.54. The second kappa shape index (κ2) is 5.45. The van der Waals surface area contributed by atoms with E-state index in [1.807, 2.05) is 6.07 Å². The predicted octanol–water partition coefficient (Wildman–Crippen LogP) is 3.68. The highest BCUT2D eigenvalue weighted by molar-refractivity contribution is 5.89. The highest BCUT2D eigenvalue weighted by Gasteiger charge is 2.78. The van der Waals surface area contributed by atoms with Gasteiger partial charge in [0.2, 0.25) is 17.1 Å². The first-order chi connectivity index (χ1) is 12.5. The molecule has 3 rings (SSSR count). The molecular weight excluding hydrogens is 361 g/mol.